The molecule has 0 heterocycles. The highest BCUT2D eigenvalue weighted by Crippen LogP contribution is 2.25. The molecule has 3 nitrogen and oxygen atoms in total. The second kappa shape index (κ2) is 6.39. The minimum atomic E-state index is -0.310. The Hall–Kier alpha value is -1.07. The lowest BCUT2D eigenvalue weighted by Gasteiger charge is -2.15. The van der Waals surface area contributed by atoms with E-state index in [0.29, 0.717) is 17.0 Å². The molecule has 1 aromatic rings. The third kappa shape index (κ3) is 3.48. The molecule has 1 aromatic carbocycles. The lowest BCUT2D eigenvalue weighted by Crippen LogP contribution is -2.32. The van der Waals surface area contributed by atoms with Crippen molar-refractivity contribution in [3.8, 4) is 0 Å². The summed E-state index contributed by atoms with van der Waals surface area (Å²) in [6.07, 6.45) is 4.23. The number of benzene rings is 1. The second-order valence-corrected chi connectivity index (χ2v) is 5.67. The maximum Gasteiger partial charge on any atom is 0.251 e. The van der Waals surface area contributed by atoms with E-state index in [9.17, 15) is 14.3 Å². The molecule has 5 heteroatoms. The Kier molecular flexibility index (Phi) is 4.82. The van der Waals surface area contributed by atoms with Gasteiger partial charge in [0.25, 0.3) is 5.91 Å². The number of halogens is 1. The molecule has 0 radical (unpaired) electrons. The average molecular weight is 283 g/mol. The van der Waals surface area contributed by atoms with Gasteiger partial charge in [0.15, 0.2) is 0 Å². The summed E-state index contributed by atoms with van der Waals surface area (Å²) in [5, 5.41) is 12.5. The first kappa shape index (κ1) is 14.3. The number of thioether (sulfide) groups is 1. The Morgan fingerprint density at radius 1 is 1.53 bits per heavy atom. The van der Waals surface area contributed by atoms with Gasteiger partial charge in [0.1, 0.15) is 5.82 Å². The molecule has 1 aliphatic carbocycles. The van der Waals surface area contributed by atoms with Crippen LogP contribution in [0.2, 0.25) is 0 Å². The molecule has 19 heavy (non-hydrogen) atoms. The van der Waals surface area contributed by atoms with E-state index in [1.165, 1.54) is 23.9 Å². The Labute approximate surface area is 116 Å². The van der Waals surface area contributed by atoms with Crippen LogP contribution in [-0.2, 0) is 0 Å². The smallest absolute Gasteiger partial charge is 0.251 e. The quantitative estimate of drug-likeness (QED) is 0.834. The van der Waals surface area contributed by atoms with Crippen LogP contribution in [0.3, 0.4) is 0 Å². The molecule has 2 rings (SSSR count). The first-order chi connectivity index (χ1) is 9.11. The van der Waals surface area contributed by atoms with E-state index in [0.717, 1.165) is 19.3 Å². The van der Waals surface area contributed by atoms with Gasteiger partial charge in [-0.3, -0.25) is 4.79 Å². The van der Waals surface area contributed by atoms with E-state index in [2.05, 4.69) is 5.32 Å². The first-order valence-electron chi connectivity index (χ1n) is 6.41. The average Bonchev–Trinajstić information content (AvgIpc) is 2.82. The molecule has 0 aromatic heterocycles. The molecule has 0 aliphatic heterocycles. The molecule has 0 saturated heterocycles. The van der Waals surface area contributed by atoms with E-state index in [1.807, 2.05) is 0 Å². The van der Waals surface area contributed by atoms with E-state index in [4.69, 9.17) is 0 Å². The molecule has 1 aliphatic rings. The first-order valence-corrected chi connectivity index (χ1v) is 7.64. The molecule has 104 valence electrons. The molecule has 1 fully saturated rings. The number of aliphatic hydroxyl groups excluding tert-OH is 1. The van der Waals surface area contributed by atoms with Gasteiger partial charge in [-0.15, -0.1) is 11.8 Å². The van der Waals surface area contributed by atoms with Crippen molar-refractivity contribution in [1.29, 1.82) is 0 Å². The van der Waals surface area contributed by atoms with E-state index in [1.54, 1.807) is 12.3 Å². The zero-order chi connectivity index (χ0) is 13.8. The SMILES string of the molecule is CSc1cc(C(=O)NCC2CCCC2O)ccc1F. The van der Waals surface area contributed by atoms with Crippen LogP contribution in [0.5, 0.6) is 0 Å². The van der Waals surface area contributed by atoms with Crippen LogP contribution in [0, 0.1) is 11.7 Å². The molecule has 0 bridgehead atoms. The normalized spacial score (nSPS) is 22.5. The van der Waals surface area contributed by atoms with Crippen LogP contribution >= 0.6 is 11.8 Å². The molecule has 1 saturated carbocycles. The summed E-state index contributed by atoms with van der Waals surface area (Å²) < 4.78 is 13.3. The maximum atomic E-state index is 13.3. The Morgan fingerprint density at radius 2 is 2.32 bits per heavy atom. The third-order valence-electron chi connectivity index (χ3n) is 3.56. The van der Waals surface area contributed by atoms with Crippen LogP contribution in [0.4, 0.5) is 4.39 Å². The van der Waals surface area contributed by atoms with Gasteiger partial charge in [-0.1, -0.05) is 6.42 Å². The zero-order valence-electron chi connectivity index (χ0n) is 10.9. The number of hydrogen-bond donors (Lipinski definition) is 2. The molecule has 2 atom stereocenters. The van der Waals surface area contributed by atoms with Gasteiger partial charge in [0, 0.05) is 22.9 Å². The van der Waals surface area contributed by atoms with Crippen molar-refractivity contribution in [1.82, 2.24) is 5.32 Å². The van der Waals surface area contributed by atoms with Crippen LogP contribution in [0.1, 0.15) is 29.6 Å². The number of amides is 1. The largest absolute Gasteiger partial charge is 0.393 e. The summed E-state index contributed by atoms with van der Waals surface area (Å²) in [5.74, 6) is -0.380. The van der Waals surface area contributed by atoms with Gasteiger partial charge in [0.2, 0.25) is 0 Å². The minimum Gasteiger partial charge on any atom is -0.393 e. The van der Waals surface area contributed by atoms with Crippen LogP contribution in [0.25, 0.3) is 0 Å². The van der Waals surface area contributed by atoms with Crippen LogP contribution in [0.15, 0.2) is 23.1 Å². The Balaban J connectivity index is 1.96. The molecule has 0 spiro atoms. The third-order valence-corrected chi connectivity index (χ3v) is 4.31. The fourth-order valence-electron chi connectivity index (χ4n) is 2.38. The zero-order valence-corrected chi connectivity index (χ0v) is 11.7. The number of carbonyl (C=O) groups excluding carboxylic acids is 1. The van der Waals surface area contributed by atoms with Gasteiger partial charge >= 0.3 is 0 Å². The summed E-state index contributed by atoms with van der Waals surface area (Å²) in [5.41, 5.74) is 0.457. The summed E-state index contributed by atoms with van der Waals surface area (Å²) in [6, 6.07) is 4.35. The number of nitrogens with one attached hydrogen (secondary N) is 1. The fourth-order valence-corrected chi connectivity index (χ4v) is 2.89. The minimum absolute atomic E-state index is 0.143. The van der Waals surface area contributed by atoms with Gasteiger partial charge in [-0.05, 0) is 37.3 Å². The van der Waals surface area contributed by atoms with E-state index < -0.39 is 0 Å². The number of carbonyl (C=O) groups is 1. The number of aliphatic hydroxyl groups is 1. The lowest BCUT2D eigenvalue weighted by atomic mass is 10.1. The van der Waals surface area contributed by atoms with Crippen molar-refractivity contribution in [3.05, 3.63) is 29.6 Å². The monoisotopic (exact) mass is 283 g/mol. The van der Waals surface area contributed by atoms with E-state index in [-0.39, 0.29) is 23.7 Å². The molecular formula is C14H18FNO2S. The summed E-state index contributed by atoms with van der Waals surface area (Å²) in [7, 11) is 0. The van der Waals surface area contributed by atoms with E-state index >= 15 is 0 Å². The fraction of sp³-hybridized carbons (Fsp3) is 0.500. The van der Waals surface area contributed by atoms with Crippen molar-refractivity contribution in [2.24, 2.45) is 5.92 Å². The molecular weight excluding hydrogens is 265 g/mol. The van der Waals surface area contributed by atoms with Crippen LogP contribution < -0.4 is 5.32 Å². The highest BCUT2D eigenvalue weighted by atomic mass is 32.2. The molecule has 2 unspecified atom stereocenters. The van der Waals surface area contributed by atoms with Gasteiger partial charge in [-0.25, -0.2) is 4.39 Å². The highest BCUT2D eigenvalue weighted by molar-refractivity contribution is 7.98. The summed E-state index contributed by atoms with van der Waals surface area (Å²) in [6.45, 7) is 0.478. The van der Waals surface area contributed by atoms with Crippen molar-refractivity contribution in [2.75, 3.05) is 12.8 Å². The molecule has 2 N–H and O–H groups in total. The lowest BCUT2D eigenvalue weighted by molar-refractivity contribution is 0.0916. The van der Waals surface area contributed by atoms with Gasteiger partial charge in [0.05, 0.1) is 6.10 Å². The van der Waals surface area contributed by atoms with Crippen molar-refractivity contribution < 1.29 is 14.3 Å². The second-order valence-electron chi connectivity index (χ2n) is 4.82. The van der Waals surface area contributed by atoms with Crippen LogP contribution in [-0.4, -0.2) is 29.9 Å². The van der Waals surface area contributed by atoms with Gasteiger partial charge < -0.3 is 10.4 Å². The predicted octanol–water partition coefficient (Wildman–Crippen LogP) is 2.44. The van der Waals surface area contributed by atoms with Crippen molar-refractivity contribution >= 4 is 17.7 Å². The van der Waals surface area contributed by atoms with Gasteiger partial charge in [-0.2, -0.15) is 0 Å². The highest BCUT2D eigenvalue weighted by Gasteiger charge is 2.25. The molecule has 1 amide bonds. The van der Waals surface area contributed by atoms with Crippen molar-refractivity contribution in [2.45, 2.75) is 30.3 Å². The standard InChI is InChI=1S/C14H18FNO2S/c1-19-13-7-9(5-6-11(13)15)14(18)16-8-10-3-2-4-12(10)17/h5-7,10,12,17H,2-4,8H2,1H3,(H,16,18). The Morgan fingerprint density at radius 3 is 2.95 bits per heavy atom. The topological polar surface area (TPSA) is 49.3 Å². The summed E-state index contributed by atoms with van der Waals surface area (Å²) >= 11 is 1.28. The van der Waals surface area contributed by atoms with Crippen molar-refractivity contribution in [3.63, 3.8) is 0 Å². The number of rotatable bonds is 4. The summed E-state index contributed by atoms with van der Waals surface area (Å²) in [4.78, 5) is 12.4. The number of hydrogen-bond acceptors (Lipinski definition) is 3. The predicted molar refractivity (Wildman–Crippen MR) is 73.9 cm³/mol. The Bertz CT molecular complexity index is 467. The maximum absolute atomic E-state index is 13.3.